The first kappa shape index (κ1) is 12.5. The molecule has 0 spiro atoms. The predicted octanol–water partition coefficient (Wildman–Crippen LogP) is 0.735. The number of hydrogen-bond acceptors (Lipinski definition) is 6. The van der Waals surface area contributed by atoms with Crippen LogP contribution in [0.2, 0.25) is 0 Å². The number of nitrogens with zero attached hydrogens (tertiary/aromatic N) is 4. The van der Waals surface area contributed by atoms with E-state index in [2.05, 4.69) is 15.5 Å². The van der Waals surface area contributed by atoms with Gasteiger partial charge in [0.05, 0.1) is 18.2 Å². The van der Waals surface area contributed by atoms with Crippen molar-refractivity contribution in [3.05, 3.63) is 30.1 Å². The molecule has 2 saturated heterocycles. The average Bonchev–Trinajstić information content (AvgIpc) is 3.12. The zero-order chi connectivity index (χ0) is 14.4. The van der Waals surface area contributed by atoms with E-state index in [1.807, 2.05) is 0 Å². The Hall–Kier alpha value is -2.19. The second-order valence-electron chi connectivity index (χ2n) is 5.00. The molecule has 108 valence electrons. The molecule has 1 aromatic heterocycles. The molecule has 3 heterocycles. The van der Waals surface area contributed by atoms with Crippen LogP contribution < -0.4 is 0 Å². The fraction of sp³-hybridized carbons (Fsp3) is 0.385. The molecular weight excluding hydrogens is 279 g/mol. The molecule has 1 aromatic carbocycles. The molecule has 7 nitrogen and oxygen atoms in total. The molecule has 4 rings (SSSR count). The Bertz CT molecular complexity index is 704. The molecule has 0 saturated carbocycles. The molecule has 0 radical (unpaired) electrons. The van der Waals surface area contributed by atoms with Crippen LogP contribution >= 0.6 is 0 Å². The fourth-order valence-electron chi connectivity index (χ4n) is 2.70. The van der Waals surface area contributed by atoms with E-state index in [9.17, 15) is 9.18 Å². The SMILES string of the molecule is O=C1CC(n2nnnc2-c2ccccc2F)C2COC1O2. The highest BCUT2D eigenvalue weighted by Crippen LogP contribution is 2.34. The number of rotatable bonds is 2. The minimum absolute atomic E-state index is 0.149. The van der Waals surface area contributed by atoms with Gasteiger partial charge in [0.1, 0.15) is 11.9 Å². The topological polar surface area (TPSA) is 79.1 Å². The number of carbonyl (C=O) groups excluding carboxylic acids is 1. The van der Waals surface area contributed by atoms with Crippen molar-refractivity contribution in [3.63, 3.8) is 0 Å². The third-order valence-electron chi connectivity index (χ3n) is 3.73. The molecule has 0 aliphatic carbocycles. The molecule has 8 heteroatoms. The van der Waals surface area contributed by atoms with Gasteiger partial charge in [-0.25, -0.2) is 9.07 Å². The van der Waals surface area contributed by atoms with E-state index in [1.54, 1.807) is 18.2 Å². The predicted molar refractivity (Wildman–Crippen MR) is 66.5 cm³/mol. The third kappa shape index (κ3) is 1.95. The van der Waals surface area contributed by atoms with Gasteiger partial charge in [0.2, 0.25) is 6.29 Å². The van der Waals surface area contributed by atoms with Crippen LogP contribution in [0.5, 0.6) is 0 Å². The Balaban J connectivity index is 1.76. The van der Waals surface area contributed by atoms with Gasteiger partial charge in [-0.3, -0.25) is 4.79 Å². The van der Waals surface area contributed by atoms with E-state index in [1.165, 1.54) is 10.7 Å². The Labute approximate surface area is 118 Å². The standard InChI is InChI=1S/C13H11FN4O3/c14-8-4-2-1-3-7(8)12-15-16-17-18(12)9-5-10(19)13-20-6-11(9)21-13/h1-4,9,11,13H,5-6H2. The van der Waals surface area contributed by atoms with Gasteiger partial charge in [0.25, 0.3) is 0 Å². The molecule has 2 fully saturated rings. The number of ketones is 1. The molecule has 0 N–H and O–H groups in total. The minimum Gasteiger partial charge on any atom is -0.343 e. The van der Waals surface area contributed by atoms with E-state index < -0.39 is 12.1 Å². The van der Waals surface area contributed by atoms with Crippen molar-refractivity contribution < 1.29 is 18.7 Å². The molecule has 2 bridgehead atoms. The van der Waals surface area contributed by atoms with Crippen molar-refractivity contribution in [2.24, 2.45) is 0 Å². The minimum atomic E-state index is -0.778. The highest BCUT2D eigenvalue weighted by atomic mass is 19.1. The largest absolute Gasteiger partial charge is 0.343 e. The Morgan fingerprint density at radius 1 is 1.33 bits per heavy atom. The maximum atomic E-state index is 13.9. The maximum absolute atomic E-state index is 13.9. The third-order valence-corrected chi connectivity index (χ3v) is 3.73. The summed E-state index contributed by atoms with van der Waals surface area (Å²) in [6, 6.07) is 5.84. The molecular formula is C13H11FN4O3. The summed E-state index contributed by atoms with van der Waals surface area (Å²) in [5.74, 6) is -0.291. The highest BCUT2D eigenvalue weighted by molar-refractivity contribution is 5.83. The van der Waals surface area contributed by atoms with Crippen molar-refractivity contribution in [2.45, 2.75) is 24.9 Å². The van der Waals surface area contributed by atoms with Crippen molar-refractivity contribution in [3.8, 4) is 11.4 Å². The average molecular weight is 290 g/mol. The molecule has 3 atom stereocenters. The van der Waals surface area contributed by atoms with Crippen molar-refractivity contribution in [2.75, 3.05) is 6.61 Å². The lowest BCUT2D eigenvalue weighted by Crippen LogP contribution is -2.37. The first-order chi connectivity index (χ1) is 10.2. The van der Waals surface area contributed by atoms with Gasteiger partial charge < -0.3 is 9.47 Å². The summed E-state index contributed by atoms with van der Waals surface area (Å²) in [4.78, 5) is 11.9. The lowest BCUT2D eigenvalue weighted by Gasteiger charge is -2.26. The number of Topliss-reactive ketones (excluding diaryl/α,β-unsaturated/α-hetero) is 1. The van der Waals surface area contributed by atoms with Gasteiger partial charge in [-0.1, -0.05) is 12.1 Å². The summed E-state index contributed by atoms with van der Waals surface area (Å²) in [5.41, 5.74) is 0.288. The maximum Gasteiger partial charge on any atom is 0.218 e. The molecule has 2 aliphatic rings. The summed E-state index contributed by atoms with van der Waals surface area (Å²) in [6.45, 7) is 0.303. The quantitative estimate of drug-likeness (QED) is 0.811. The normalized spacial score (nSPS) is 28.0. The van der Waals surface area contributed by atoms with Crippen LogP contribution in [0.4, 0.5) is 4.39 Å². The summed E-state index contributed by atoms with van der Waals surface area (Å²) < 4.78 is 26.1. The number of hydrogen-bond donors (Lipinski definition) is 0. The zero-order valence-corrected chi connectivity index (χ0v) is 10.8. The van der Waals surface area contributed by atoms with Crippen LogP contribution in [0, 0.1) is 5.82 Å². The zero-order valence-electron chi connectivity index (χ0n) is 10.8. The van der Waals surface area contributed by atoms with Crippen molar-refractivity contribution in [1.82, 2.24) is 20.2 Å². The Morgan fingerprint density at radius 2 is 2.19 bits per heavy atom. The van der Waals surface area contributed by atoms with Crippen molar-refractivity contribution >= 4 is 5.78 Å². The number of fused-ring (bicyclic) bond motifs is 2. The van der Waals surface area contributed by atoms with Crippen LogP contribution in [0.25, 0.3) is 11.4 Å². The number of benzene rings is 1. The van der Waals surface area contributed by atoms with E-state index in [4.69, 9.17) is 9.47 Å². The second-order valence-corrected chi connectivity index (χ2v) is 5.00. The fourth-order valence-corrected chi connectivity index (χ4v) is 2.70. The molecule has 2 aromatic rings. The molecule has 3 unspecified atom stereocenters. The molecule has 21 heavy (non-hydrogen) atoms. The summed E-state index contributed by atoms with van der Waals surface area (Å²) >= 11 is 0. The van der Waals surface area contributed by atoms with Gasteiger partial charge in [0.15, 0.2) is 11.6 Å². The highest BCUT2D eigenvalue weighted by Gasteiger charge is 2.45. The molecule has 2 aliphatic heterocycles. The van der Waals surface area contributed by atoms with Crippen LogP contribution in [0.3, 0.4) is 0 Å². The van der Waals surface area contributed by atoms with E-state index in [-0.39, 0.29) is 35.7 Å². The first-order valence-electron chi connectivity index (χ1n) is 6.56. The van der Waals surface area contributed by atoms with Crippen LogP contribution in [-0.4, -0.2) is 45.0 Å². The summed E-state index contributed by atoms with van der Waals surface area (Å²) in [5, 5.41) is 11.4. The summed E-state index contributed by atoms with van der Waals surface area (Å²) in [6.07, 6.45) is -0.872. The number of tetrazole rings is 1. The Kier molecular flexibility index (Phi) is 2.79. The lowest BCUT2D eigenvalue weighted by molar-refractivity contribution is -0.156. The Morgan fingerprint density at radius 3 is 3.05 bits per heavy atom. The number of carbonyl (C=O) groups is 1. The van der Waals surface area contributed by atoms with Gasteiger partial charge in [-0.2, -0.15) is 0 Å². The number of halogens is 1. The van der Waals surface area contributed by atoms with E-state index >= 15 is 0 Å². The smallest absolute Gasteiger partial charge is 0.218 e. The van der Waals surface area contributed by atoms with Gasteiger partial charge >= 0.3 is 0 Å². The monoisotopic (exact) mass is 290 g/mol. The first-order valence-corrected chi connectivity index (χ1v) is 6.56. The van der Waals surface area contributed by atoms with E-state index in [0.29, 0.717) is 6.61 Å². The molecule has 0 amide bonds. The van der Waals surface area contributed by atoms with Gasteiger partial charge in [0, 0.05) is 6.42 Å². The second kappa shape index (κ2) is 4.68. The van der Waals surface area contributed by atoms with E-state index in [0.717, 1.165) is 0 Å². The lowest BCUT2D eigenvalue weighted by atomic mass is 10.0. The summed E-state index contributed by atoms with van der Waals surface area (Å²) in [7, 11) is 0. The van der Waals surface area contributed by atoms with Crippen molar-refractivity contribution in [1.29, 1.82) is 0 Å². The number of aromatic nitrogens is 4. The van der Waals surface area contributed by atoms with Crippen LogP contribution in [-0.2, 0) is 14.3 Å². The van der Waals surface area contributed by atoms with Gasteiger partial charge in [-0.15, -0.1) is 5.10 Å². The van der Waals surface area contributed by atoms with Gasteiger partial charge in [-0.05, 0) is 22.6 Å². The van der Waals surface area contributed by atoms with Crippen LogP contribution in [0.1, 0.15) is 12.5 Å². The van der Waals surface area contributed by atoms with Crippen LogP contribution in [0.15, 0.2) is 24.3 Å². The number of ether oxygens (including phenoxy) is 2.